The normalized spacial score (nSPS) is 42.0. The van der Waals surface area contributed by atoms with Crippen LogP contribution >= 0.6 is 0 Å². The fourth-order valence-corrected chi connectivity index (χ4v) is 8.50. The third-order valence-corrected chi connectivity index (χ3v) is 11.5. The summed E-state index contributed by atoms with van der Waals surface area (Å²) >= 11 is 0. The SMILES string of the molecule is CCCC(C)C(CCC(C)C(C)C)C(C)C1(C)CC12CCCCC(C)CC2C1CC1C. The van der Waals surface area contributed by atoms with Crippen molar-refractivity contribution in [2.24, 2.45) is 64.1 Å². The van der Waals surface area contributed by atoms with Crippen molar-refractivity contribution in [2.45, 2.75) is 133 Å². The Kier molecular flexibility index (Phi) is 8.34. The Hall–Kier alpha value is 0. The average Bonchev–Trinajstić information content (AvgIpc) is 3.58. The predicted octanol–water partition coefficient (Wildman–Crippen LogP) is 10.0. The van der Waals surface area contributed by atoms with Crippen LogP contribution in [0.15, 0.2) is 0 Å². The molecule has 0 aliphatic heterocycles. The fourth-order valence-electron chi connectivity index (χ4n) is 8.50. The zero-order valence-electron chi connectivity index (χ0n) is 23.0. The molecule has 0 radical (unpaired) electrons. The smallest absolute Gasteiger partial charge is 0.0204 e. The van der Waals surface area contributed by atoms with Gasteiger partial charge < -0.3 is 0 Å². The molecular weight excluding hydrogens is 372 g/mol. The molecule has 3 fully saturated rings. The van der Waals surface area contributed by atoms with E-state index in [1.165, 1.54) is 57.8 Å². The summed E-state index contributed by atoms with van der Waals surface area (Å²) in [5.74, 6) is 8.45. The van der Waals surface area contributed by atoms with E-state index >= 15 is 0 Å². The second-order valence-electron chi connectivity index (χ2n) is 13.8. The summed E-state index contributed by atoms with van der Waals surface area (Å²) in [6, 6.07) is 0. The second kappa shape index (κ2) is 10.1. The lowest BCUT2D eigenvalue weighted by molar-refractivity contribution is 0.0686. The van der Waals surface area contributed by atoms with Crippen LogP contribution in [-0.4, -0.2) is 0 Å². The van der Waals surface area contributed by atoms with Gasteiger partial charge in [0.15, 0.2) is 0 Å². The van der Waals surface area contributed by atoms with E-state index in [2.05, 4.69) is 62.3 Å². The summed E-state index contributed by atoms with van der Waals surface area (Å²) in [6.45, 7) is 22.9. The molecule has 10 atom stereocenters. The lowest BCUT2D eigenvalue weighted by Crippen LogP contribution is -2.35. The van der Waals surface area contributed by atoms with E-state index in [0.717, 1.165) is 53.3 Å². The molecule has 0 aromatic heterocycles. The molecule has 0 amide bonds. The van der Waals surface area contributed by atoms with Gasteiger partial charge in [-0.3, -0.25) is 0 Å². The first kappa shape index (κ1) is 25.6. The van der Waals surface area contributed by atoms with Crippen LogP contribution in [0.1, 0.15) is 133 Å². The van der Waals surface area contributed by atoms with Crippen LogP contribution in [0.25, 0.3) is 0 Å². The highest BCUT2D eigenvalue weighted by Crippen LogP contribution is 2.78. The van der Waals surface area contributed by atoms with E-state index in [1.54, 1.807) is 12.8 Å². The van der Waals surface area contributed by atoms with Crippen LogP contribution in [0.4, 0.5) is 0 Å². The Bertz CT molecular complexity index is 562. The number of hydrogen-bond acceptors (Lipinski definition) is 0. The van der Waals surface area contributed by atoms with Gasteiger partial charge in [-0.2, -0.15) is 0 Å². The van der Waals surface area contributed by atoms with Crippen molar-refractivity contribution in [3.63, 3.8) is 0 Å². The molecule has 31 heavy (non-hydrogen) atoms. The molecule has 182 valence electrons. The highest BCUT2D eigenvalue weighted by atomic mass is 14.8. The summed E-state index contributed by atoms with van der Waals surface area (Å²) in [4.78, 5) is 0. The highest BCUT2D eigenvalue weighted by molar-refractivity contribution is 5.20. The van der Waals surface area contributed by atoms with Crippen molar-refractivity contribution in [1.82, 2.24) is 0 Å². The predicted molar refractivity (Wildman–Crippen MR) is 138 cm³/mol. The van der Waals surface area contributed by atoms with Crippen LogP contribution in [0, 0.1) is 64.1 Å². The highest BCUT2D eigenvalue weighted by Gasteiger charge is 2.71. The Morgan fingerprint density at radius 2 is 1.55 bits per heavy atom. The van der Waals surface area contributed by atoms with Gasteiger partial charge in [0, 0.05) is 0 Å². The van der Waals surface area contributed by atoms with Gasteiger partial charge in [0.25, 0.3) is 0 Å². The maximum atomic E-state index is 2.77. The van der Waals surface area contributed by atoms with Crippen molar-refractivity contribution in [3.05, 3.63) is 0 Å². The number of rotatable bonds is 10. The fraction of sp³-hybridized carbons (Fsp3) is 1.00. The van der Waals surface area contributed by atoms with Gasteiger partial charge in [0.2, 0.25) is 0 Å². The summed E-state index contributed by atoms with van der Waals surface area (Å²) in [5, 5.41) is 0. The molecular formula is C31H58. The van der Waals surface area contributed by atoms with Gasteiger partial charge in [-0.25, -0.2) is 0 Å². The molecule has 3 rings (SSSR count). The topological polar surface area (TPSA) is 0 Å². The molecule has 0 bridgehead atoms. The molecule has 0 nitrogen and oxygen atoms in total. The quantitative estimate of drug-likeness (QED) is 0.323. The van der Waals surface area contributed by atoms with Gasteiger partial charge in [-0.15, -0.1) is 0 Å². The zero-order chi connectivity index (χ0) is 23.0. The lowest BCUT2D eigenvalue weighted by atomic mass is 9.63. The molecule has 0 heterocycles. The molecule has 0 heteroatoms. The van der Waals surface area contributed by atoms with Crippen LogP contribution in [0.5, 0.6) is 0 Å². The molecule has 10 unspecified atom stereocenters. The largest absolute Gasteiger partial charge is 0.0654 e. The van der Waals surface area contributed by atoms with Crippen LogP contribution in [-0.2, 0) is 0 Å². The Labute approximate surface area is 197 Å². The maximum absolute atomic E-state index is 2.77. The van der Waals surface area contributed by atoms with E-state index in [0.29, 0.717) is 10.8 Å². The Morgan fingerprint density at radius 1 is 0.871 bits per heavy atom. The van der Waals surface area contributed by atoms with E-state index in [-0.39, 0.29) is 0 Å². The third kappa shape index (κ3) is 5.24. The average molecular weight is 431 g/mol. The van der Waals surface area contributed by atoms with E-state index < -0.39 is 0 Å². The van der Waals surface area contributed by atoms with E-state index in [1.807, 2.05) is 0 Å². The first-order valence-corrected chi connectivity index (χ1v) is 14.6. The van der Waals surface area contributed by atoms with Crippen molar-refractivity contribution in [1.29, 1.82) is 0 Å². The summed E-state index contributed by atoms with van der Waals surface area (Å²) in [7, 11) is 0. The third-order valence-electron chi connectivity index (χ3n) is 11.5. The van der Waals surface area contributed by atoms with Gasteiger partial charge in [0.05, 0.1) is 0 Å². The van der Waals surface area contributed by atoms with Gasteiger partial charge in [-0.05, 0) is 96.2 Å². The first-order chi connectivity index (χ1) is 14.6. The summed E-state index contributed by atoms with van der Waals surface area (Å²) < 4.78 is 0. The molecule has 3 aliphatic carbocycles. The van der Waals surface area contributed by atoms with Crippen LogP contribution in [0.2, 0.25) is 0 Å². The van der Waals surface area contributed by atoms with Crippen molar-refractivity contribution in [2.75, 3.05) is 0 Å². The summed E-state index contributed by atoms with van der Waals surface area (Å²) in [5.41, 5.74) is 1.29. The minimum atomic E-state index is 0.602. The molecule has 0 saturated heterocycles. The van der Waals surface area contributed by atoms with Crippen LogP contribution in [0.3, 0.4) is 0 Å². The molecule has 1 spiro atoms. The van der Waals surface area contributed by atoms with E-state index in [4.69, 9.17) is 0 Å². The molecule has 0 N–H and O–H groups in total. The van der Waals surface area contributed by atoms with Crippen molar-refractivity contribution < 1.29 is 0 Å². The minimum Gasteiger partial charge on any atom is -0.0654 e. The van der Waals surface area contributed by atoms with Crippen molar-refractivity contribution in [3.8, 4) is 0 Å². The molecule has 3 saturated carbocycles. The molecule has 0 aromatic rings. The monoisotopic (exact) mass is 430 g/mol. The van der Waals surface area contributed by atoms with Gasteiger partial charge >= 0.3 is 0 Å². The van der Waals surface area contributed by atoms with E-state index in [9.17, 15) is 0 Å². The lowest BCUT2D eigenvalue weighted by Gasteiger charge is -2.42. The summed E-state index contributed by atoms with van der Waals surface area (Å²) in [6.07, 6.45) is 16.3. The standard InChI is InChI=1S/C31H58/c1-10-13-24(6)27(16-15-23(5)21(2)3)26(8)30(9)20-31(30)17-12-11-14-22(4)18-29(31)28-19-25(28)7/h21-29H,10-20H2,1-9H3. The first-order valence-electron chi connectivity index (χ1n) is 14.6. The van der Waals surface area contributed by atoms with Crippen molar-refractivity contribution >= 4 is 0 Å². The molecule has 3 aliphatic rings. The second-order valence-corrected chi connectivity index (χ2v) is 13.8. The van der Waals surface area contributed by atoms with Crippen LogP contribution < -0.4 is 0 Å². The molecule has 0 aromatic carbocycles. The van der Waals surface area contributed by atoms with Gasteiger partial charge in [-0.1, -0.05) is 101 Å². The minimum absolute atomic E-state index is 0.602. The number of hydrogen-bond donors (Lipinski definition) is 0. The Balaban J connectivity index is 1.81. The van der Waals surface area contributed by atoms with Gasteiger partial charge in [0.1, 0.15) is 0 Å². The Morgan fingerprint density at radius 3 is 2.13 bits per heavy atom. The zero-order valence-corrected chi connectivity index (χ0v) is 23.0. The maximum Gasteiger partial charge on any atom is -0.0204 e.